The Bertz CT molecular complexity index is 1180. The Morgan fingerprint density at radius 1 is 1.16 bits per heavy atom. The molecule has 1 aliphatic heterocycles. The van der Waals surface area contributed by atoms with E-state index in [1.165, 1.54) is 24.9 Å². The van der Waals surface area contributed by atoms with Gasteiger partial charge in [-0.3, -0.25) is 14.7 Å². The maximum atomic E-state index is 13.8. The molecule has 2 aromatic carbocycles. The average Bonchev–Trinajstić information content (AvgIpc) is 3.07. The summed E-state index contributed by atoms with van der Waals surface area (Å²) < 4.78 is 25.5. The highest BCUT2D eigenvalue weighted by Crippen LogP contribution is 2.35. The van der Waals surface area contributed by atoms with Gasteiger partial charge in [-0.2, -0.15) is 0 Å². The predicted octanol–water partition coefficient (Wildman–Crippen LogP) is 5.21. The van der Waals surface area contributed by atoms with E-state index in [1.807, 2.05) is 18.2 Å². The lowest BCUT2D eigenvalue weighted by molar-refractivity contribution is -0.122. The van der Waals surface area contributed by atoms with Gasteiger partial charge in [-0.25, -0.2) is 4.39 Å². The number of thiocarbonyl (C=S) groups is 1. The van der Waals surface area contributed by atoms with Gasteiger partial charge in [0, 0.05) is 18.0 Å². The van der Waals surface area contributed by atoms with Crippen molar-refractivity contribution in [1.82, 2.24) is 9.88 Å². The summed E-state index contributed by atoms with van der Waals surface area (Å²) in [6, 6.07) is 15.5. The minimum atomic E-state index is -0.323. The molecule has 1 aliphatic rings. The first-order valence-electron chi connectivity index (χ1n) is 9.73. The summed E-state index contributed by atoms with van der Waals surface area (Å²) in [5, 5.41) is 0. The fourth-order valence-electron chi connectivity index (χ4n) is 3.13. The molecule has 0 spiro atoms. The summed E-state index contributed by atoms with van der Waals surface area (Å²) in [4.78, 5) is 19.0. The van der Waals surface area contributed by atoms with Gasteiger partial charge in [-0.1, -0.05) is 54.3 Å². The van der Waals surface area contributed by atoms with Crippen LogP contribution >= 0.6 is 24.0 Å². The highest BCUT2D eigenvalue weighted by Gasteiger charge is 2.32. The van der Waals surface area contributed by atoms with Crippen molar-refractivity contribution in [2.75, 3.05) is 7.11 Å². The number of amides is 1. The number of methoxy groups -OCH3 is 1. The molecule has 1 amide bonds. The number of hydrogen-bond acceptors (Lipinski definition) is 6. The average molecular weight is 467 g/mol. The zero-order valence-corrected chi connectivity index (χ0v) is 18.8. The first-order chi connectivity index (χ1) is 15.5. The monoisotopic (exact) mass is 466 g/mol. The van der Waals surface area contributed by atoms with Gasteiger partial charge in [0.1, 0.15) is 16.7 Å². The summed E-state index contributed by atoms with van der Waals surface area (Å²) in [5.74, 6) is 0.497. The summed E-state index contributed by atoms with van der Waals surface area (Å²) in [7, 11) is 1.53. The third-order valence-electron chi connectivity index (χ3n) is 4.76. The second kappa shape index (κ2) is 9.93. The SMILES string of the molecule is COc1cc(C=C2SC(=S)N(Cc3cccnc3)C2=O)ccc1OCc1ccccc1F. The van der Waals surface area contributed by atoms with Crippen molar-refractivity contribution in [2.45, 2.75) is 13.2 Å². The molecule has 0 N–H and O–H groups in total. The molecule has 0 saturated carbocycles. The van der Waals surface area contributed by atoms with Crippen molar-refractivity contribution in [3.05, 3.63) is 94.4 Å². The molecule has 4 rings (SSSR count). The molecule has 1 fully saturated rings. The van der Waals surface area contributed by atoms with E-state index in [2.05, 4.69) is 4.98 Å². The minimum absolute atomic E-state index is 0.0788. The number of pyridine rings is 1. The van der Waals surface area contributed by atoms with Crippen LogP contribution in [0.1, 0.15) is 16.7 Å². The Balaban J connectivity index is 1.49. The maximum Gasteiger partial charge on any atom is 0.266 e. The Kier molecular flexibility index (Phi) is 6.82. The van der Waals surface area contributed by atoms with Crippen LogP contribution in [0.4, 0.5) is 4.39 Å². The van der Waals surface area contributed by atoms with Crippen molar-refractivity contribution >= 4 is 40.3 Å². The zero-order chi connectivity index (χ0) is 22.5. The number of carbonyl (C=O) groups excluding carboxylic acids is 1. The number of carbonyl (C=O) groups is 1. The maximum absolute atomic E-state index is 13.8. The van der Waals surface area contributed by atoms with Crippen molar-refractivity contribution in [1.29, 1.82) is 0 Å². The summed E-state index contributed by atoms with van der Waals surface area (Å²) in [6.07, 6.45) is 5.17. The molecule has 8 heteroatoms. The van der Waals surface area contributed by atoms with Crippen molar-refractivity contribution in [3.8, 4) is 11.5 Å². The lowest BCUT2D eigenvalue weighted by atomic mass is 10.1. The minimum Gasteiger partial charge on any atom is -0.493 e. The van der Waals surface area contributed by atoms with Gasteiger partial charge >= 0.3 is 0 Å². The van der Waals surface area contributed by atoms with Gasteiger partial charge < -0.3 is 9.47 Å². The molecule has 0 atom stereocenters. The number of hydrogen-bond donors (Lipinski definition) is 0. The zero-order valence-electron chi connectivity index (χ0n) is 17.2. The molecule has 5 nitrogen and oxygen atoms in total. The van der Waals surface area contributed by atoms with Crippen molar-refractivity contribution in [3.63, 3.8) is 0 Å². The van der Waals surface area contributed by atoms with Crippen LogP contribution in [0.5, 0.6) is 11.5 Å². The van der Waals surface area contributed by atoms with Gasteiger partial charge in [0.05, 0.1) is 18.6 Å². The highest BCUT2D eigenvalue weighted by atomic mass is 32.2. The fraction of sp³-hybridized carbons (Fsp3) is 0.125. The Hall–Kier alpha value is -3.23. The first-order valence-corrected chi connectivity index (χ1v) is 11.0. The number of aromatic nitrogens is 1. The number of halogens is 1. The van der Waals surface area contributed by atoms with Crippen LogP contribution in [-0.2, 0) is 17.9 Å². The Morgan fingerprint density at radius 2 is 2.00 bits per heavy atom. The van der Waals surface area contributed by atoms with Crippen LogP contribution in [0, 0.1) is 5.82 Å². The van der Waals surface area contributed by atoms with Gasteiger partial charge in [0.15, 0.2) is 11.5 Å². The lowest BCUT2D eigenvalue weighted by Crippen LogP contribution is -2.27. The van der Waals surface area contributed by atoms with E-state index >= 15 is 0 Å². The second-order valence-corrected chi connectivity index (χ2v) is 8.60. The highest BCUT2D eigenvalue weighted by molar-refractivity contribution is 8.26. The number of rotatable bonds is 7. The molecule has 0 bridgehead atoms. The standard InChI is InChI=1S/C24H19FN2O3S2/c1-29-21-11-16(8-9-20(21)30-15-18-6-2-3-7-19(18)25)12-22-23(28)27(24(31)32-22)14-17-5-4-10-26-13-17/h2-13H,14-15H2,1H3. The van der Waals surface area contributed by atoms with Gasteiger partial charge in [-0.15, -0.1) is 0 Å². The summed E-state index contributed by atoms with van der Waals surface area (Å²) in [6.45, 7) is 0.456. The van der Waals surface area contributed by atoms with E-state index in [0.717, 1.165) is 11.1 Å². The molecule has 1 aromatic heterocycles. The third kappa shape index (κ3) is 4.98. The largest absolute Gasteiger partial charge is 0.493 e. The third-order valence-corrected chi connectivity index (χ3v) is 6.14. The molecule has 0 aliphatic carbocycles. The fourth-order valence-corrected chi connectivity index (χ4v) is 4.38. The topological polar surface area (TPSA) is 51.7 Å². The van der Waals surface area contributed by atoms with Crippen LogP contribution in [-0.4, -0.2) is 27.2 Å². The second-order valence-electron chi connectivity index (χ2n) is 6.92. The van der Waals surface area contributed by atoms with Gasteiger partial charge in [0.25, 0.3) is 5.91 Å². The van der Waals surface area contributed by atoms with Crippen LogP contribution in [0.3, 0.4) is 0 Å². The number of ether oxygens (including phenoxy) is 2. The van der Waals surface area contributed by atoms with Crippen molar-refractivity contribution < 1.29 is 18.7 Å². The quantitative estimate of drug-likeness (QED) is 0.352. The molecule has 2 heterocycles. The molecule has 32 heavy (non-hydrogen) atoms. The molecule has 162 valence electrons. The van der Waals surface area contributed by atoms with E-state index < -0.39 is 0 Å². The molecular weight excluding hydrogens is 447 g/mol. The lowest BCUT2D eigenvalue weighted by Gasteiger charge is -2.14. The van der Waals surface area contributed by atoms with Gasteiger partial charge in [0.2, 0.25) is 0 Å². The number of nitrogens with zero attached hydrogens (tertiary/aromatic N) is 2. The molecule has 1 saturated heterocycles. The molecule has 3 aromatic rings. The van der Waals surface area contributed by atoms with Crippen LogP contribution in [0.15, 0.2) is 71.9 Å². The van der Waals surface area contributed by atoms with Crippen LogP contribution in [0.2, 0.25) is 0 Å². The van der Waals surface area contributed by atoms with E-state index in [-0.39, 0.29) is 18.3 Å². The van der Waals surface area contributed by atoms with Gasteiger partial charge in [-0.05, 0) is 41.5 Å². The number of benzene rings is 2. The summed E-state index contributed by atoms with van der Waals surface area (Å²) in [5.41, 5.74) is 2.13. The number of thioether (sulfide) groups is 1. The van der Waals surface area contributed by atoms with Crippen LogP contribution in [0.25, 0.3) is 6.08 Å². The van der Waals surface area contributed by atoms with E-state index in [9.17, 15) is 9.18 Å². The van der Waals surface area contributed by atoms with E-state index in [1.54, 1.807) is 53.7 Å². The normalized spacial score (nSPS) is 14.8. The predicted molar refractivity (Wildman–Crippen MR) is 127 cm³/mol. The Labute approximate surface area is 194 Å². The van der Waals surface area contributed by atoms with E-state index in [0.29, 0.717) is 32.8 Å². The molecular formula is C24H19FN2O3S2. The van der Waals surface area contributed by atoms with Crippen molar-refractivity contribution in [2.24, 2.45) is 0 Å². The van der Waals surface area contributed by atoms with Crippen LogP contribution < -0.4 is 9.47 Å². The molecule has 0 unspecified atom stereocenters. The molecule has 0 radical (unpaired) electrons. The van der Waals surface area contributed by atoms with E-state index in [4.69, 9.17) is 21.7 Å². The smallest absolute Gasteiger partial charge is 0.266 e. The first kappa shape index (κ1) is 22.0. The Morgan fingerprint density at radius 3 is 2.75 bits per heavy atom. The summed E-state index contributed by atoms with van der Waals surface area (Å²) >= 11 is 6.66.